The SMILES string of the molecule is CCN(c1c(C(C)C)cccc1C(C)C)c1ccc2ccn(Cc3ccccc3)c2[n+]1CC. The van der Waals surface area contributed by atoms with E-state index < -0.39 is 0 Å². The van der Waals surface area contributed by atoms with Gasteiger partial charge in [-0.1, -0.05) is 76.2 Å². The molecule has 2 aromatic heterocycles. The molecule has 4 rings (SSSR count). The first-order valence-corrected chi connectivity index (χ1v) is 12.4. The lowest BCUT2D eigenvalue weighted by Gasteiger charge is -2.28. The van der Waals surface area contributed by atoms with Crippen LogP contribution in [-0.2, 0) is 13.1 Å². The van der Waals surface area contributed by atoms with E-state index in [4.69, 9.17) is 0 Å². The highest BCUT2D eigenvalue weighted by molar-refractivity contribution is 5.76. The van der Waals surface area contributed by atoms with Crippen LogP contribution >= 0.6 is 0 Å². The van der Waals surface area contributed by atoms with Gasteiger partial charge in [0, 0.05) is 6.07 Å². The maximum atomic E-state index is 2.54. The zero-order valence-corrected chi connectivity index (χ0v) is 21.0. The average Bonchev–Trinajstić information content (AvgIpc) is 3.22. The number of hydrogen-bond acceptors (Lipinski definition) is 1. The molecule has 0 fully saturated rings. The zero-order valence-electron chi connectivity index (χ0n) is 21.0. The smallest absolute Gasteiger partial charge is 0.236 e. The van der Waals surface area contributed by atoms with Gasteiger partial charge in [0.15, 0.2) is 0 Å². The van der Waals surface area contributed by atoms with Crippen molar-refractivity contribution in [2.45, 2.75) is 66.5 Å². The summed E-state index contributed by atoms with van der Waals surface area (Å²) >= 11 is 0. The van der Waals surface area contributed by atoms with Gasteiger partial charge in [0.25, 0.3) is 0 Å². The highest BCUT2D eigenvalue weighted by Crippen LogP contribution is 2.38. The van der Waals surface area contributed by atoms with E-state index >= 15 is 0 Å². The number of rotatable bonds is 8. The molecule has 0 aliphatic carbocycles. The summed E-state index contributed by atoms with van der Waals surface area (Å²) in [4.78, 5) is 2.54. The molecule has 0 saturated heterocycles. The van der Waals surface area contributed by atoms with Gasteiger partial charge in [-0.3, -0.25) is 9.47 Å². The van der Waals surface area contributed by atoms with Crippen LogP contribution in [0.1, 0.15) is 70.1 Å². The van der Waals surface area contributed by atoms with Crippen LogP contribution in [0.4, 0.5) is 11.5 Å². The summed E-state index contributed by atoms with van der Waals surface area (Å²) in [6.07, 6.45) is 2.23. The van der Waals surface area contributed by atoms with Crippen molar-refractivity contribution < 1.29 is 4.57 Å². The van der Waals surface area contributed by atoms with Gasteiger partial charge in [-0.2, -0.15) is 0 Å². The number of hydrogen-bond donors (Lipinski definition) is 0. The van der Waals surface area contributed by atoms with E-state index in [1.807, 2.05) is 0 Å². The van der Waals surface area contributed by atoms with Crippen molar-refractivity contribution in [2.24, 2.45) is 0 Å². The highest BCUT2D eigenvalue weighted by atomic mass is 15.3. The normalized spacial score (nSPS) is 11.6. The molecule has 2 aromatic carbocycles. The molecule has 0 radical (unpaired) electrons. The van der Waals surface area contributed by atoms with Crippen LogP contribution in [0.5, 0.6) is 0 Å². The second-order valence-electron chi connectivity index (χ2n) is 9.48. The van der Waals surface area contributed by atoms with Crippen molar-refractivity contribution in [2.75, 3.05) is 11.4 Å². The summed E-state index contributed by atoms with van der Waals surface area (Å²) in [5.41, 5.74) is 6.83. The Labute approximate surface area is 199 Å². The Morgan fingerprint density at radius 1 is 0.788 bits per heavy atom. The van der Waals surface area contributed by atoms with Gasteiger partial charge in [0.05, 0.1) is 31.2 Å². The van der Waals surface area contributed by atoms with Crippen LogP contribution in [0.2, 0.25) is 0 Å². The molecule has 3 nitrogen and oxygen atoms in total. The molecule has 4 aromatic rings. The third kappa shape index (κ3) is 4.42. The van der Waals surface area contributed by atoms with Gasteiger partial charge in [0.2, 0.25) is 11.5 Å². The third-order valence-electron chi connectivity index (χ3n) is 6.63. The van der Waals surface area contributed by atoms with Crippen molar-refractivity contribution in [3.05, 3.63) is 89.6 Å². The number of aryl methyl sites for hydroxylation is 1. The van der Waals surface area contributed by atoms with Gasteiger partial charge >= 0.3 is 0 Å². The summed E-state index contributed by atoms with van der Waals surface area (Å²) < 4.78 is 4.88. The van der Waals surface area contributed by atoms with Gasteiger partial charge < -0.3 is 0 Å². The Morgan fingerprint density at radius 2 is 1.45 bits per heavy atom. The Bertz CT molecular complexity index is 1190. The largest absolute Gasteiger partial charge is 0.262 e. The second kappa shape index (κ2) is 9.82. The van der Waals surface area contributed by atoms with Gasteiger partial charge in [-0.15, -0.1) is 0 Å². The number of nitrogens with zero attached hydrogens (tertiary/aromatic N) is 3. The topological polar surface area (TPSA) is 12.1 Å². The van der Waals surface area contributed by atoms with Crippen molar-refractivity contribution in [3.63, 3.8) is 0 Å². The van der Waals surface area contributed by atoms with Gasteiger partial charge in [0.1, 0.15) is 5.69 Å². The lowest BCUT2D eigenvalue weighted by Crippen LogP contribution is -2.42. The zero-order chi connectivity index (χ0) is 23.5. The molecule has 0 saturated carbocycles. The molecule has 0 atom stereocenters. The summed E-state index contributed by atoms with van der Waals surface area (Å²) in [6, 6.07) is 24.4. The molecular weight excluding hydrogens is 402 g/mol. The van der Waals surface area contributed by atoms with Gasteiger partial charge in [-0.25, -0.2) is 4.57 Å². The van der Waals surface area contributed by atoms with Crippen LogP contribution in [0, 0.1) is 0 Å². The molecule has 0 aliphatic rings. The predicted octanol–water partition coefficient (Wildman–Crippen LogP) is 7.40. The fourth-order valence-corrected chi connectivity index (χ4v) is 5.00. The van der Waals surface area contributed by atoms with Crippen LogP contribution < -0.4 is 9.47 Å². The number of aromatic nitrogens is 2. The first-order valence-electron chi connectivity index (χ1n) is 12.4. The molecule has 0 spiro atoms. The van der Waals surface area contributed by atoms with Crippen molar-refractivity contribution in [3.8, 4) is 0 Å². The fraction of sp³-hybridized carbons (Fsp3) is 0.367. The Balaban J connectivity index is 1.92. The first-order chi connectivity index (χ1) is 16.0. The van der Waals surface area contributed by atoms with Crippen molar-refractivity contribution in [1.82, 2.24) is 4.57 Å². The monoisotopic (exact) mass is 440 g/mol. The minimum Gasteiger partial charge on any atom is -0.262 e. The standard InChI is InChI=1S/C30H38N3/c1-7-32(29-26(22(3)4)15-12-16-27(29)23(5)6)28-18-17-25-19-20-31(30(25)33(28)8-2)21-24-13-10-9-11-14-24/h9-20,22-23H,7-8,21H2,1-6H3/q+1. The van der Waals surface area contributed by atoms with E-state index in [1.54, 1.807) is 0 Å². The van der Waals surface area contributed by atoms with Crippen molar-refractivity contribution in [1.29, 1.82) is 0 Å². The van der Waals surface area contributed by atoms with Crippen LogP contribution in [0.3, 0.4) is 0 Å². The molecule has 3 heteroatoms. The lowest BCUT2D eigenvalue weighted by molar-refractivity contribution is -0.657. The van der Waals surface area contributed by atoms with E-state index in [0.29, 0.717) is 11.8 Å². The van der Waals surface area contributed by atoms with Gasteiger partial charge in [-0.05, 0) is 54.5 Å². The van der Waals surface area contributed by atoms with Crippen LogP contribution in [0.25, 0.3) is 11.0 Å². The highest BCUT2D eigenvalue weighted by Gasteiger charge is 2.27. The quantitative estimate of drug-likeness (QED) is 0.260. The Morgan fingerprint density at radius 3 is 2.03 bits per heavy atom. The molecule has 0 N–H and O–H groups in total. The maximum absolute atomic E-state index is 2.54. The second-order valence-corrected chi connectivity index (χ2v) is 9.48. The van der Waals surface area contributed by atoms with E-state index in [0.717, 1.165) is 19.6 Å². The van der Waals surface area contributed by atoms with E-state index in [9.17, 15) is 0 Å². The van der Waals surface area contributed by atoms with Crippen molar-refractivity contribution >= 4 is 22.5 Å². The molecular formula is C30H38N3+. The molecule has 172 valence electrons. The molecule has 2 heterocycles. The molecule has 0 amide bonds. The molecule has 0 unspecified atom stereocenters. The van der Waals surface area contributed by atoms with E-state index in [1.165, 1.54) is 39.2 Å². The number of para-hydroxylation sites is 1. The molecule has 33 heavy (non-hydrogen) atoms. The predicted molar refractivity (Wildman–Crippen MR) is 141 cm³/mol. The lowest BCUT2D eigenvalue weighted by atomic mass is 9.92. The fourth-order valence-electron chi connectivity index (χ4n) is 5.00. The third-order valence-corrected chi connectivity index (χ3v) is 6.63. The Hall–Kier alpha value is -3.07. The average molecular weight is 441 g/mol. The molecule has 0 bridgehead atoms. The summed E-state index contributed by atoms with van der Waals surface area (Å²) in [6.45, 7) is 16.5. The first kappa shape index (κ1) is 23.1. The van der Waals surface area contributed by atoms with E-state index in [2.05, 4.69) is 129 Å². The number of pyridine rings is 1. The minimum absolute atomic E-state index is 0.466. The maximum Gasteiger partial charge on any atom is 0.236 e. The molecule has 0 aliphatic heterocycles. The van der Waals surface area contributed by atoms with Crippen LogP contribution in [0.15, 0.2) is 72.9 Å². The van der Waals surface area contributed by atoms with Crippen LogP contribution in [-0.4, -0.2) is 11.1 Å². The summed E-state index contributed by atoms with van der Waals surface area (Å²) in [5.74, 6) is 2.19. The summed E-state index contributed by atoms with van der Waals surface area (Å²) in [5, 5.41) is 1.29. The Kier molecular flexibility index (Phi) is 6.88. The summed E-state index contributed by atoms with van der Waals surface area (Å²) in [7, 11) is 0. The number of benzene rings is 2. The minimum atomic E-state index is 0.466. The number of anilines is 2. The number of fused-ring (bicyclic) bond motifs is 1. The van der Waals surface area contributed by atoms with E-state index in [-0.39, 0.29) is 0 Å².